The van der Waals surface area contributed by atoms with Crippen LogP contribution in [0.15, 0.2) is 41.6 Å². The van der Waals surface area contributed by atoms with Crippen LogP contribution in [0.3, 0.4) is 0 Å². The Morgan fingerprint density at radius 1 is 1.22 bits per heavy atom. The zero-order chi connectivity index (χ0) is 20.0. The van der Waals surface area contributed by atoms with E-state index in [1.807, 2.05) is 23.9 Å². The molecule has 1 aromatic heterocycles. The predicted molar refractivity (Wildman–Crippen MR) is 102 cm³/mol. The number of urea groups is 1. The average Bonchev–Trinajstić information content (AvgIpc) is 3.15. The maximum Gasteiger partial charge on any atom is 0.328 e. The van der Waals surface area contributed by atoms with Gasteiger partial charge in [-0.05, 0) is 42.2 Å². The van der Waals surface area contributed by atoms with Gasteiger partial charge in [0.25, 0.3) is 10.0 Å². The molecule has 0 radical (unpaired) electrons. The van der Waals surface area contributed by atoms with Crippen LogP contribution in [-0.4, -0.2) is 32.4 Å². The van der Waals surface area contributed by atoms with Crippen LogP contribution in [0.1, 0.15) is 36.1 Å². The first-order valence-corrected chi connectivity index (χ1v) is 10.0. The second kappa shape index (κ2) is 8.72. The summed E-state index contributed by atoms with van der Waals surface area (Å²) in [5.74, 6) is -0.213. The van der Waals surface area contributed by atoms with Crippen LogP contribution >= 0.6 is 0 Å². The zero-order valence-corrected chi connectivity index (χ0v) is 16.3. The molecule has 2 rings (SSSR count). The molecule has 0 aliphatic rings. The molecule has 0 aliphatic carbocycles. The van der Waals surface area contributed by atoms with Gasteiger partial charge in [-0.25, -0.2) is 17.9 Å². The smallest absolute Gasteiger partial charge is 0.328 e. The van der Waals surface area contributed by atoms with E-state index >= 15 is 0 Å². The Kier molecular flexibility index (Phi) is 6.62. The van der Waals surface area contributed by atoms with Crippen LogP contribution in [0, 0.1) is 6.92 Å². The molecule has 9 heteroatoms. The number of carbonyl (C=O) groups is 2. The van der Waals surface area contributed by atoms with Crippen molar-refractivity contribution in [1.29, 1.82) is 0 Å². The molecule has 8 nitrogen and oxygen atoms in total. The first-order chi connectivity index (χ1) is 12.8. The summed E-state index contributed by atoms with van der Waals surface area (Å²) in [4.78, 5) is 26.7. The molecule has 0 aliphatic heterocycles. The first-order valence-electron chi connectivity index (χ1n) is 8.53. The minimum absolute atomic E-state index is 0.0314. The number of aromatic amines is 1. The lowest BCUT2D eigenvalue weighted by atomic mass is 10.1. The van der Waals surface area contributed by atoms with Gasteiger partial charge in [0.2, 0.25) is 5.91 Å². The lowest BCUT2D eigenvalue weighted by molar-refractivity contribution is -0.121. The maximum absolute atomic E-state index is 12.4. The van der Waals surface area contributed by atoms with Crippen LogP contribution in [0.4, 0.5) is 4.79 Å². The Balaban J connectivity index is 2.15. The molecule has 0 saturated heterocycles. The summed E-state index contributed by atoms with van der Waals surface area (Å²) in [6, 6.07) is 5.68. The lowest BCUT2D eigenvalue weighted by Gasteiger charge is -2.16. The molecule has 0 saturated carbocycles. The molecule has 0 fully saturated rings. The average molecular weight is 392 g/mol. The molecular formula is C18H24N4O4S. The van der Waals surface area contributed by atoms with E-state index in [0.717, 1.165) is 12.0 Å². The fraction of sp³-hybridized carbons (Fsp3) is 0.333. The second-order valence-electron chi connectivity index (χ2n) is 6.13. The van der Waals surface area contributed by atoms with Gasteiger partial charge >= 0.3 is 6.03 Å². The normalized spacial score (nSPS) is 12.3. The van der Waals surface area contributed by atoms with Crippen LogP contribution in [0.2, 0.25) is 0 Å². The van der Waals surface area contributed by atoms with E-state index in [1.165, 1.54) is 13.1 Å². The third kappa shape index (κ3) is 5.33. The SMILES string of the molecule is CCC(NC(=O)Cc1ccc(C)c(S(=O)(=O)NC(=O)NC)c1)c1cc[nH]c1. The van der Waals surface area contributed by atoms with Crippen molar-refractivity contribution in [2.24, 2.45) is 0 Å². The largest absolute Gasteiger partial charge is 0.367 e. The molecule has 1 aromatic carbocycles. The maximum atomic E-state index is 12.4. The van der Waals surface area contributed by atoms with Crippen molar-refractivity contribution >= 4 is 22.0 Å². The van der Waals surface area contributed by atoms with Gasteiger partial charge in [0.05, 0.1) is 17.4 Å². The quantitative estimate of drug-likeness (QED) is 0.574. The molecule has 146 valence electrons. The van der Waals surface area contributed by atoms with Gasteiger partial charge in [-0.1, -0.05) is 19.1 Å². The van der Waals surface area contributed by atoms with Gasteiger partial charge in [-0.2, -0.15) is 0 Å². The van der Waals surface area contributed by atoms with Crippen LogP contribution in [0.25, 0.3) is 0 Å². The molecular weight excluding hydrogens is 368 g/mol. The van der Waals surface area contributed by atoms with E-state index in [4.69, 9.17) is 0 Å². The first kappa shape index (κ1) is 20.5. The molecule has 1 heterocycles. The van der Waals surface area contributed by atoms with E-state index in [0.29, 0.717) is 11.1 Å². The van der Waals surface area contributed by atoms with Crippen LogP contribution < -0.4 is 15.4 Å². The molecule has 0 bridgehead atoms. The number of hydrogen-bond acceptors (Lipinski definition) is 4. The number of benzene rings is 1. The van der Waals surface area contributed by atoms with Crippen molar-refractivity contribution < 1.29 is 18.0 Å². The number of nitrogens with one attached hydrogen (secondary N) is 4. The van der Waals surface area contributed by atoms with Crippen molar-refractivity contribution in [3.8, 4) is 0 Å². The predicted octanol–water partition coefficient (Wildman–Crippen LogP) is 1.75. The van der Waals surface area contributed by atoms with Gasteiger partial charge in [-0.3, -0.25) is 4.79 Å². The van der Waals surface area contributed by atoms with E-state index in [2.05, 4.69) is 15.6 Å². The van der Waals surface area contributed by atoms with Crippen molar-refractivity contribution in [1.82, 2.24) is 20.3 Å². The zero-order valence-electron chi connectivity index (χ0n) is 15.5. The van der Waals surface area contributed by atoms with E-state index in [-0.39, 0.29) is 23.3 Å². The topological polar surface area (TPSA) is 120 Å². The van der Waals surface area contributed by atoms with Crippen molar-refractivity contribution in [3.05, 3.63) is 53.3 Å². The number of rotatable bonds is 7. The highest BCUT2D eigenvalue weighted by Crippen LogP contribution is 2.19. The van der Waals surface area contributed by atoms with Gasteiger partial charge in [0.15, 0.2) is 0 Å². The number of hydrogen-bond donors (Lipinski definition) is 4. The molecule has 27 heavy (non-hydrogen) atoms. The Bertz CT molecular complexity index is 907. The molecule has 3 amide bonds. The van der Waals surface area contributed by atoms with E-state index in [1.54, 1.807) is 25.3 Å². The summed E-state index contributed by atoms with van der Waals surface area (Å²) in [6.07, 6.45) is 4.38. The third-order valence-electron chi connectivity index (χ3n) is 4.13. The van der Waals surface area contributed by atoms with Gasteiger partial charge in [-0.15, -0.1) is 0 Å². The highest BCUT2D eigenvalue weighted by Gasteiger charge is 2.21. The molecule has 0 spiro atoms. The number of aryl methyl sites for hydroxylation is 1. The minimum Gasteiger partial charge on any atom is -0.367 e. The Hall–Kier alpha value is -2.81. The second-order valence-corrected chi connectivity index (χ2v) is 7.78. The fourth-order valence-corrected chi connectivity index (χ4v) is 3.93. The summed E-state index contributed by atoms with van der Waals surface area (Å²) in [6.45, 7) is 3.60. The molecule has 1 unspecified atom stereocenters. The highest BCUT2D eigenvalue weighted by molar-refractivity contribution is 7.90. The number of carbonyl (C=O) groups excluding carboxylic acids is 2. The minimum atomic E-state index is -4.02. The van der Waals surface area contributed by atoms with E-state index in [9.17, 15) is 18.0 Å². The Labute approximate surface area is 158 Å². The Morgan fingerprint density at radius 3 is 2.56 bits per heavy atom. The number of aromatic nitrogens is 1. The van der Waals surface area contributed by atoms with E-state index < -0.39 is 16.1 Å². The summed E-state index contributed by atoms with van der Waals surface area (Å²) < 4.78 is 26.6. The van der Waals surface area contributed by atoms with Gasteiger partial charge < -0.3 is 15.6 Å². The number of sulfonamides is 1. The summed E-state index contributed by atoms with van der Waals surface area (Å²) >= 11 is 0. The standard InChI is InChI=1S/C18H24N4O4S/c1-4-15(14-7-8-20-11-14)21-17(23)10-13-6-5-12(2)16(9-13)27(25,26)22-18(24)19-3/h5-9,11,15,20H,4,10H2,1-3H3,(H,21,23)(H2,19,22,24). The summed E-state index contributed by atoms with van der Waals surface area (Å²) in [5.41, 5.74) is 2.00. The van der Waals surface area contributed by atoms with Crippen molar-refractivity contribution in [3.63, 3.8) is 0 Å². The van der Waals surface area contributed by atoms with Crippen molar-refractivity contribution in [2.75, 3.05) is 7.05 Å². The molecule has 1 atom stereocenters. The fourth-order valence-electron chi connectivity index (χ4n) is 2.68. The molecule has 2 aromatic rings. The summed E-state index contributed by atoms with van der Waals surface area (Å²) in [5, 5.41) is 5.15. The van der Waals surface area contributed by atoms with Crippen LogP contribution in [-0.2, 0) is 21.2 Å². The number of amides is 3. The van der Waals surface area contributed by atoms with Gasteiger partial charge in [0, 0.05) is 19.4 Å². The monoisotopic (exact) mass is 392 g/mol. The number of H-pyrrole nitrogens is 1. The van der Waals surface area contributed by atoms with Crippen LogP contribution in [0.5, 0.6) is 0 Å². The summed E-state index contributed by atoms with van der Waals surface area (Å²) in [7, 11) is -2.70. The lowest BCUT2D eigenvalue weighted by Crippen LogP contribution is -2.37. The third-order valence-corrected chi connectivity index (χ3v) is 5.60. The Morgan fingerprint density at radius 2 is 1.96 bits per heavy atom. The highest BCUT2D eigenvalue weighted by atomic mass is 32.2. The van der Waals surface area contributed by atoms with Gasteiger partial charge in [0.1, 0.15) is 0 Å². The molecule has 4 N–H and O–H groups in total. The van der Waals surface area contributed by atoms with Crippen molar-refractivity contribution in [2.45, 2.75) is 37.6 Å².